The molecular formula is C20H23F3N4O2. The van der Waals surface area contributed by atoms with E-state index >= 15 is 0 Å². The Morgan fingerprint density at radius 1 is 1.21 bits per heavy atom. The molecule has 0 saturated heterocycles. The summed E-state index contributed by atoms with van der Waals surface area (Å²) < 4.78 is 39.0. The van der Waals surface area contributed by atoms with Crippen LogP contribution in [0.3, 0.4) is 0 Å². The molecule has 29 heavy (non-hydrogen) atoms. The first-order valence-electron chi connectivity index (χ1n) is 9.47. The number of hydrogen-bond donors (Lipinski definition) is 3. The highest BCUT2D eigenvalue weighted by Crippen LogP contribution is 2.42. The molecular weight excluding hydrogens is 385 g/mol. The Bertz CT molecular complexity index is 930. The molecule has 1 fully saturated rings. The number of aryl methyl sites for hydroxylation is 1. The molecule has 1 saturated carbocycles. The van der Waals surface area contributed by atoms with Gasteiger partial charge in [-0.05, 0) is 56.9 Å². The van der Waals surface area contributed by atoms with Gasteiger partial charge in [-0.1, -0.05) is 0 Å². The number of nitrogens with zero attached hydrogens (tertiary/aromatic N) is 3. The van der Waals surface area contributed by atoms with Crippen molar-refractivity contribution in [3.8, 4) is 17.0 Å². The van der Waals surface area contributed by atoms with Crippen LogP contribution >= 0.6 is 0 Å². The second-order valence-electron chi connectivity index (χ2n) is 8.44. The van der Waals surface area contributed by atoms with E-state index in [-0.39, 0.29) is 23.2 Å². The van der Waals surface area contributed by atoms with Crippen molar-refractivity contribution < 1.29 is 23.4 Å². The normalized spacial score (nSPS) is 26.8. The van der Waals surface area contributed by atoms with Crippen LogP contribution in [0.1, 0.15) is 36.5 Å². The quantitative estimate of drug-likeness (QED) is 0.707. The first-order chi connectivity index (χ1) is 13.4. The van der Waals surface area contributed by atoms with Gasteiger partial charge < -0.3 is 20.8 Å². The zero-order valence-corrected chi connectivity index (χ0v) is 16.2. The van der Waals surface area contributed by atoms with Crippen LogP contribution in [0.15, 0.2) is 18.2 Å². The highest BCUT2D eigenvalue weighted by Gasteiger charge is 2.44. The van der Waals surface area contributed by atoms with Gasteiger partial charge in [-0.2, -0.15) is 13.2 Å². The number of phenolic OH excluding ortho intramolecular Hbond substituents is 1. The molecule has 1 unspecified atom stereocenters. The zero-order valence-electron chi connectivity index (χ0n) is 16.2. The van der Waals surface area contributed by atoms with Crippen LogP contribution in [-0.2, 0) is 12.6 Å². The standard InChI is InChI=1S/C20H23F3N4O2/c1-10-3-12(20(21,22)23)6-16(28)17(10)15-5-11-4-13(24)9-27(18(11)26-25-15)14-7-19(2,29)8-14/h3,5-6,13-14,28-29H,4,7-9,24H2,1-2H3. The van der Waals surface area contributed by atoms with Crippen molar-refractivity contribution in [2.45, 2.75) is 57.0 Å². The first kappa shape index (κ1) is 19.9. The third-order valence-electron chi connectivity index (χ3n) is 5.73. The van der Waals surface area contributed by atoms with E-state index in [0.717, 1.165) is 11.6 Å². The number of fused-ring (bicyclic) bond motifs is 1. The fraction of sp³-hybridized carbons (Fsp3) is 0.500. The molecule has 0 radical (unpaired) electrons. The van der Waals surface area contributed by atoms with Crippen molar-refractivity contribution in [3.63, 3.8) is 0 Å². The van der Waals surface area contributed by atoms with Crippen LogP contribution in [0.5, 0.6) is 5.75 Å². The number of aromatic nitrogens is 2. The number of alkyl halides is 3. The van der Waals surface area contributed by atoms with E-state index in [4.69, 9.17) is 5.73 Å². The number of phenols is 1. The molecule has 0 amide bonds. The topological polar surface area (TPSA) is 95.5 Å². The van der Waals surface area contributed by atoms with Crippen molar-refractivity contribution in [1.82, 2.24) is 10.2 Å². The number of rotatable bonds is 2. The Hall–Kier alpha value is -2.39. The van der Waals surface area contributed by atoms with E-state index < -0.39 is 23.1 Å². The van der Waals surface area contributed by atoms with Gasteiger partial charge in [0.1, 0.15) is 5.75 Å². The number of anilines is 1. The summed E-state index contributed by atoms with van der Waals surface area (Å²) in [6.45, 7) is 3.89. The fourth-order valence-electron chi connectivity index (χ4n) is 4.39. The number of nitrogens with two attached hydrogens (primary N) is 1. The van der Waals surface area contributed by atoms with E-state index in [2.05, 4.69) is 15.1 Å². The highest BCUT2D eigenvalue weighted by molar-refractivity contribution is 5.73. The third-order valence-corrected chi connectivity index (χ3v) is 5.73. The molecule has 1 aromatic carbocycles. The van der Waals surface area contributed by atoms with Crippen LogP contribution in [-0.4, -0.2) is 44.6 Å². The van der Waals surface area contributed by atoms with Crippen LogP contribution in [0.4, 0.5) is 19.0 Å². The summed E-state index contributed by atoms with van der Waals surface area (Å²) in [6, 6.07) is 3.42. The molecule has 1 atom stereocenters. The molecule has 1 aliphatic carbocycles. The predicted octanol–water partition coefficient (Wildman–Crippen LogP) is 2.78. The van der Waals surface area contributed by atoms with E-state index in [1.807, 2.05) is 0 Å². The molecule has 4 N–H and O–H groups in total. The predicted molar refractivity (Wildman–Crippen MR) is 102 cm³/mol. The highest BCUT2D eigenvalue weighted by atomic mass is 19.4. The largest absolute Gasteiger partial charge is 0.507 e. The van der Waals surface area contributed by atoms with Crippen molar-refractivity contribution >= 4 is 5.82 Å². The van der Waals surface area contributed by atoms with Crippen LogP contribution in [0.25, 0.3) is 11.3 Å². The van der Waals surface area contributed by atoms with Crippen LogP contribution < -0.4 is 10.6 Å². The Balaban J connectivity index is 1.71. The molecule has 6 nitrogen and oxygen atoms in total. The van der Waals surface area contributed by atoms with Gasteiger partial charge in [0, 0.05) is 29.8 Å². The summed E-state index contributed by atoms with van der Waals surface area (Å²) in [5, 5.41) is 28.8. The molecule has 2 heterocycles. The second-order valence-corrected chi connectivity index (χ2v) is 8.44. The minimum absolute atomic E-state index is 0.122. The molecule has 0 bridgehead atoms. The van der Waals surface area contributed by atoms with Crippen molar-refractivity contribution in [3.05, 3.63) is 34.9 Å². The molecule has 0 spiro atoms. The van der Waals surface area contributed by atoms with Gasteiger partial charge >= 0.3 is 6.18 Å². The minimum atomic E-state index is -4.54. The molecule has 2 aromatic rings. The number of aromatic hydroxyl groups is 1. The van der Waals surface area contributed by atoms with Crippen LogP contribution in [0, 0.1) is 6.92 Å². The van der Waals surface area contributed by atoms with Gasteiger partial charge in [-0.3, -0.25) is 0 Å². The SMILES string of the molecule is Cc1cc(C(F)(F)F)cc(O)c1-c1cc2c(nn1)N(C1CC(C)(O)C1)CC(N)C2. The smallest absolute Gasteiger partial charge is 0.416 e. The number of aliphatic hydroxyl groups is 1. The van der Waals surface area contributed by atoms with E-state index in [1.165, 1.54) is 6.92 Å². The number of halogens is 3. The molecule has 1 aromatic heterocycles. The maximum absolute atomic E-state index is 13.0. The van der Waals surface area contributed by atoms with E-state index in [9.17, 15) is 23.4 Å². The molecule has 9 heteroatoms. The lowest BCUT2D eigenvalue weighted by molar-refractivity contribution is -0.137. The third kappa shape index (κ3) is 3.64. The molecule has 4 rings (SSSR count). The van der Waals surface area contributed by atoms with Crippen molar-refractivity contribution in [2.75, 3.05) is 11.4 Å². The maximum Gasteiger partial charge on any atom is 0.416 e. The van der Waals surface area contributed by atoms with E-state index in [1.54, 1.807) is 13.0 Å². The fourth-order valence-corrected chi connectivity index (χ4v) is 4.39. The Labute approximate surface area is 166 Å². The summed E-state index contributed by atoms with van der Waals surface area (Å²) in [6.07, 6.45) is -2.76. The van der Waals surface area contributed by atoms with Gasteiger partial charge in [-0.25, -0.2) is 0 Å². The van der Waals surface area contributed by atoms with E-state index in [0.29, 0.717) is 43.4 Å². The Morgan fingerprint density at radius 2 is 1.90 bits per heavy atom. The number of benzene rings is 1. The first-order valence-corrected chi connectivity index (χ1v) is 9.47. The molecule has 156 valence electrons. The van der Waals surface area contributed by atoms with Gasteiger partial charge in [0.25, 0.3) is 0 Å². The van der Waals surface area contributed by atoms with Gasteiger partial charge in [0.2, 0.25) is 0 Å². The van der Waals surface area contributed by atoms with Crippen molar-refractivity contribution in [1.29, 1.82) is 0 Å². The Morgan fingerprint density at radius 3 is 2.48 bits per heavy atom. The molecule has 1 aliphatic heterocycles. The van der Waals surface area contributed by atoms with Gasteiger partial charge in [0.15, 0.2) is 5.82 Å². The van der Waals surface area contributed by atoms with Crippen molar-refractivity contribution in [2.24, 2.45) is 5.73 Å². The second kappa shape index (κ2) is 6.56. The average Bonchev–Trinajstić information content (AvgIpc) is 2.57. The summed E-state index contributed by atoms with van der Waals surface area (Å²) >= 11 is 0. The molecule has 2 aliphatic rings. The van der Waals surface area contributed by atoms with Gasteiger partial charge in [-0.15, -0.1) is 10.2 Å². The zero-order chi connectivity index (χ0) is 21.1. The average molecular weight is 408 g/mol. The van der Waals surface area contributed by atoms with Gasteiger partial charge in [0.05, 0.1) is 16.9 Å². The lowest BCUT2D eigenvalue weighted by atomic mass is 9.75. The Kier molecular flexibility index (Phi) is 4.51. The lowest BCUT2D eigenvalue weighted by Crippen LogP contribution is -2.58. The summed E-state index contributed by atoms with van der Waals surface area (Å²) in [7, 11) is 0. The monoisotopic (exact) mass is 408 g/mol. The minimum Gasteiger partial charge on any atom is -0.507 e. The summed E-state index contributed by atoms with van der Waals surface area (Å²) in [5.74, 6) is 0.193. The lowest BCUT2D eigenvalue weighted by Gasteiger charge is -2.49. The maximum atomic E-state index is 13.0. The van der Waals surface area contributed by atoms with Crippen LogP contribution in [0.2, 0.25) is 0 Å². The summed E-state index contributed by atoms with van der Waals surface area (Å²) in [5.41, 5.74) is 6.24. The summed E-state index contributed by atoms with van der Waals surface area (Å²) in [4.78, 5) is 2.05. The number of hydrogen-bond acceptors (Lipinski definition) is 6.